The Labute approximate surface area is 126 Å². The van der Waals surface area contributed by atoms with Crippen LogP contribution in [0.2, 0.25) is 0 Å². The van der Waals surface area contributed by atoms with Gasteiger partial charge >= 0.3 is 0 Å². The van der Waals surface area contributed by atoms with E-state index >= 15 is 0 Å². The van der Waals surface area contributed by atoms with Gasteiger partial charge in [-0.3, -0.25) is 0 Å². The number of hydrogen-bond donors (Lipinski definition) is 2. The highest BCUT2D eigenvalue weighted by Crippen LogP contribution is 2.57. The Morgan fingerprint density at radius 1 is 1.10 bits per heavy atom. The molecule has 4 heteroatoms. The molecule has 0 radical (unpaired) electrons. The average Bonchev–Trinajstić information content (AvgIpc) is 2.50. The second-order valence-electron chi connectivity index (χ2n) is 7.45. The molecular formula is C17H26O4. The van der Waals surface area contributed by atoms with Gasteiger partial charge in [-0.1, -0.05) is 13.0 Å². The minimum atomic E-state index is -0.298. The van der Waals surface area contributed by atoms with E-state index in [4.69, 9.17) is 9.47 Å². The van der Waals surface area contributed by atoms with Crippen LogP contribution in [0, 0.1) is 17.3 Å². The summed E-state index contributed by atoms with van der Waals surface area (Å²) in [6.07, 6.45) is 6.28. The molecule has 0 bridgehead atoms. The van der Waals surface area contributed by atoms with Gasteiger partial charge in [0.05, 0.1) is 31.5 Å². The third-order valence-electron chi connectivity index (χ3n) is 6.44. The van der Waals surface area contributed by atoms with E-state index < -0.39 is 0 Å². The SMILES string of the molecule is CC12CCC3OCCOC3C1=CCC1C(O)CCC(O)C12. The van der Waals surface area contributed by atoms with Crippen molar-refractivity contribution in [1.29, 1.82) is 0 Å². The maximum absolute atomic E-state index is 10.6. The molecule has 3 fully saturated rings. The van der Waals surface area contributed by atoms with Gasteiger partial charge < -0.3 is 19.7 Å². The molecule has 4 rings (SSSR count). The Hall–Kier alpha value is -0.420. The van der Waals surface area contributed by atoms with Gasteiger partial charge in [-0.15, -0.1) is 0 Å². The Bertz CT molecular complexity index is 448. The van der Waals surface area contributed by atoms with Crippen LogP contribution in [0.1, 0.15) is 39.0 Å². The van der Waals surface area contributed by atoms with Crippen LogP contribution in [0.5, 0.6) is 0 Å². The van der Waals surface area contributed by atoms with Crippen molar-refractivity contribution < 1.29 is 19.7 Å². The highest BCUT2D eigenvalue weighted by molar-refractivity contribution is 5.29. The topological polar surface area (TPSA) is 58.9 Å². The molecule has 7 unspecified atom stereocenters. The van der Waals surface area contributed by atoms with Crippen LogP contribution >= 0.6 is 0 Å². The molecule has 1 aliphatic heterocycles. The van der Waals surface area contributed by atoms with E-state index in [2.05, 4.69) is 13.0 Å². The van der Waals surface area contributed by atoms with Gasteiger partial charge in [0.2, 0.25) is 0 Å². The van der Waals surface area contributed by atoms with Crippen LogP contribution in [0.3, 0.4) is 0 Å². The lowest BCUT2D eigenvalue weighted by atomic mass is 9.51. The summed E-state index contributed by atoms with van der Waals surface area (Å²) in [4.78, 5) is 0. The van der Waals surface area contributed by atoms with E-state index in [-0.39, 0.29) is 41.7 Å². The zero-order valence-corrected chi connectivity index (χ0v) is 12.7. The predicted octanol–water partition coefficient (Wildman–Crippen LogP) is 1.65. The molecular weight excluding hydrogens is 268 g/mol. The molecule has 1 heterocycles. The third-order valence-corrected chi connectivity index (χ3v) is 6.44. The van der Waals surface area contributed by atoms with Crippen molar-refractivity contribution in [2.24, 2.45) is 17.3 Å². The van der Waals surface area contributed by atoms with E-state index in [0.717, 1.165) is 32.1 Å². The van der Waals surface area contributed by atoms with E-state index in [9.17, 15) is 10.2 Å². The Balaban J connectivity index is 1.71. The molecule has 2 saturated carbocycles. The number of rotatable bonds is 0. The Morgan fingerprint density at radius 2 is 1.86 bits per heavy atom. The second kappa shape index (κ2) is 5.05. The predicted molar refractivity (Wildman–Crippen MR) is 77.7 cm³/mol. The lowest BCUT2D eigenvalue weighted by Gasteiger charge is -2.57. The van der Waals surface area contributed by atoms with Gasteiger partial charge in [0.1, 0.15) is 6.10 Å². The minimum Gasteiger partial charge on any atom is -0.393 e. The molecule has 118 valence electrons. The molecule has 7 atom stereocenters. The summed E-state index contributed by atoms with van der Waals surface area (Å²) < 4.78 is 11.9. The van der Waals surface area contributed by atoms with Crippen molar-refractivity contribution >= 4 is 0 Å². The van der Waals surface area contributed by atoms with Crippen LogP contribution in [-0.4, -0.2) is 47.8 Å². The first-order valence-electron chi connectivity index (χ1n) is 8.41. The lowest BCUT2D eigenvalue weighted by Crippen LogP contribution is -2.57. The van der Waals surface area contributed by atoms with Gasteiger partial charge in [0.15, 0.2) is 0 Å². The molecule has 21 heavy (non-hydrogen) atoms. The molecule has 0 amide bonds. The van der Waals surface area contributed by atoms with Crippen molar-refractivity contribution in [3.63, 3.8) is 0 Å². The minimum absolute atomic E-state index is 0.0500. The molecule has 4 aliphatic rings. The van der Waals surface area contributed by atoms with Crippen LogP contribution < -0.4 is 0 Å². The standard InChI is InChI=1S/C17H26O4/c1-17-7-6-14-16(21-9-8-20-14)11(17)3-2-10-12(18)4-5-13(19)15(10)17/h3,10,12-16,18-19H,2,4-9H2,1H3. The van der Waals surface area contributed by atoms with Gasteiger partial charge in [-0.2, -0.15) is 0 Å². The maximum atomic E-state index is 10.6. The fraction of sp³-hybridized carbons (Fsp3) is 0.882. The molecule has 4 nitrogen and oxygen atoms in total. The monoisotopic (exact) mass is 294 g/mol. The van der Waals surface area contributed by atoms with E-state index in [0.29, 0.717) is 13.2 Å². The maximum Gasteiger partial charge on any atom is 0.105 e. The molecule has 0 aromatic heterocycles. The fourth-order valence-corrected chi connectivity index (χ4v) is 5.44. The number of aliphatic hydroxyl groups is 2. The summed E-state index contributed by atoms with van der Waals surface area (Å²) in [6.45, 7) is 3.62. The summed E-state index contributed by atoms with van der Waals surface area (Å²) in [5.41, 5.74) is 1.28. The second-order valence-corrected chi connectivity index (χ2v) is 7.45. The van der Waals surface area contributed by atoms with Crippen LogP contribution in [0.25, 0.3) is 0 Å². The van der Waals surface area contributed by atoms with Gasteiger partial charge in [0, 0.05) is 0 Å². The normalized spacial score (nSPS) is 53.2. The van der Waals surface area contributed by atoms with Crippen molar-refractivity contribution in [3.05, 3.63) is 11.6 Å². The van der Waals surface area contributed by atoms with Crippen LogP contribution in [-0.2, 0) is 9.47 Å². The summed E-state index contributed by atoms with van der Waals surface area (Å²) >= 11 is 0. The van der Waals surface area contributed by atoms with Crippen molar-refractivity contribution in [3.8, 4) is 0 Å². The number of hydrogen-bond acceptors (Lipinski definition) is 4. The molecule has 0 aromatic rings. The highest BCUT2D eigenvalue weighted by Gasteiger charge is 2.56. The van der Waals surface area contributed by atoms with Gasteiger partial charge in [0.25, 0.3) is 0 Å². The summed E-state index contributed by atoms with van der Waals surface area (Å²) in [6, 6.07) is 0. The van der Waals surface area contributed by atoms with E-state index in [1.54, 1.807) is 0 Å². The molecule has 2 N–H and O–H groups in total. The first kappa shape index (κ1) is 14.2. The fourth-order valence-electron chi connectivity index (χ4n) is 5.44. The summed E-state index contributed by atoms with van der Waals surface area (Å²) in [7, 11) is 0. The zero-order chi connectivity index (χ0) is 14.6. The van der Waals surface area contributed by atoms with Crippen molar-refractivity contribution in [2.75, 3.05) is 13.2 Å². The van der Waals surface area contributed by atoms with Gasteiger partial charge in [-0.05, 0) is 54.9 Å². The Morgan fingerprint density at radius 3 is 2.71 bits per heavy atom. The first-order chi connectivity index (χ1) is 10.1. The molecule has 0 aromatic carbocycles. The number of aliphatic hydroxyl groups excluding tert-OH is 2. The molecule has 1 saturated heterocycles. The number of allylic oxidation sites excluding steroid dienone is 1. The van der Waals surface area contributed by atoms with Crippen molar-refractivity contribution in [1.82, 2.24) is 0 Å². The smallest absolute Gasteiger partial charge is 0.105 e. The molecule has 3 aliphatic carbocycles. The quantitative estimate of drug-likeness (QED) is 0.667. The molecule has 0 spiro atoms. The van der Waals surface area contributed by atoms with E-state index in [1.165, 1.54) is 5.57 Å². The number of ether oxygens (including phenoxy) is 2. The zero-order valence-electron chi connectivity index (χ0n) is 12.7. The summed E-state index contributed by atoms with van der Waals surface area (Å²) in [5.74, 6) is 0.358. The largest absolute Gasteiger partial charge is 0.393 e. The Kier molecular flexibility index (Phi) is 3.41. The number of fused-ring (bicyclic) bond motifs is 5. The lowest BCUT2D eigenvalue weighted by molar-refractivity contribution is -0.168. The third kappa shape index (κ3) is 2.03. The van der Waals surface area contributed by atoms with Crippen LogP contribution in [0.15, 0.2) is 11.6 Å². The average molecular weight is 294 g/mol. The van der Waals surface area contributed by atoms with Crippen molar-refractivity contribution in [2.45, 2.75) is 63.4 Å². The summed E-state index contributed by atoms with van der Waals surface area (Å²) in [5, 5.41) is 21.0. The van der Waals surface area contributed by atoms with Crippen LogP contribution in [0.4, 0.5) is 0 Å². The highest BCUT2D eigenvalue weighted by atomic mass is 16.6. The van der Waals surface area contributed by atoms with E-state index in [1.807, 2.05) is 0 Å². The first-order valence-corrected chi connectivity index (χ1v) is 8.41. The van der Waals surface area contributed by atoms with Gasteiger partial charge in [-0.25, -0.2) is 0 Å².